The van der Waals surface area contributed by atoms with Crippen molar-refractivity contribution in [2.75, 3.05) is 4.90 Å². The van der Waals surface area contributed by atoms with E-state index in [-0.39, 0.29) is 5.91 Å². The molecule has 2 aromatic rings. The number of carbonyl (C=O) groups excluding carboxylic acids is 3. The predicted molar refractivity (Wildman–Crippen MR) is 104 cm³/mol. The number of amides is 3. The number of carbonyl (C=O) groups is 3. The summed E-state index contributed by atoms with van der Waals surface area (Å²) in [5.74, 6) is -2.82. The number of hydrogen-bond donors (Lipinski definition) is 1. The molecule has 140 valence electrons. The van der Waals surface area contributed by atoms with E-state index < -0.39 is 35.7 Å². The Kier molecular flexibility index (Phi) is 3.61. The Morgan fingerprint density at radius 3 is 2.36 bits per heavy atom. The van der Waals surface area contributed by atoms with Crippen LogP contribution in [0.25, 0.3) is 6.08 Å². The molecule has 0 unspecified atom stereocenters. The lowest BCUT2D eigenvalue weighted by Gasteiger charge is -2.34. The fourth-order valence-corrected chi connectivity index (χ4v) is 4.85. The predicted octanol–water partition coefficient (Wildman–Crippen LogP) is 2.34. The first-order chi connectivity index (χ1) is 13.5. The summed E-state index contributed by atoms with van der Waals surface area (Å²) in [6, 6.07) is 12.9. The van der Waals surface area contributed by atoms with Gasteiger partial charge in [0.1, 0.15) is 6.04 Å². The van der Waals surface area contributed by atoms with Gasteiger partial charge in [-0.2, -0.15) is 0 Å². The third-order valence-corrected chi connectivity index (χ3v) is 6.09. The zero-order valence-electron chi connectivity index (χ0n) is 14.7. The number of hydrogen-bond acceptors (Lipinski definition) is 4. The van der Waals surface area contributed by atoms with Crippen molar-refractivity contribution in [3.8, 4) is 0 Å². The zero-order valence-corrected chi connectivity index (χ0v) is 15.4. The summed E-state index contributed by atoms with van der Waals surface area (Å²) in [7, 11) is 0. The van der Waals surface area contributed by atoms with E-state index in [1.165, 1.54) is 4.90 Å². The van der Waals surface area contributed by atoms with Crippen LogP contribution in [0, 0.1) is 11.8 Å². The maximum Gasteiger partial charge on any atom is 0.240 e. The number of benzene rings is 2. The van der Waals surface area contributed by atoms with E-state index in [1.807, 2.05) is 30.3 Å². The lowest BCUT2D eigenvalue weighted by molar-refractivity contribution is -0.129. The van der Waals surface area contributed by atoms with Gasteiger partial charge in [0.15, 0.2) is 0 Å². The van der Waals surface area contributed by atoms with Gasteiger partial charge in [0.25, 0.3) is 0 Å². The molecule has 3 aliphatic rings. The Morgan fingerprint density at radius 2 is 1.64 bits per heavy atom. The minimum absolute atomic E-state index is 0.318. The Labute approximate surface area is 166 Å². The van der Waals surface area contributed by atoms with Gasteiger partial charge in [0.05, 0.1) is 23.6 Å². The SMILES string of the molecule is NC(=O)[C@H]1[C@H]2C(=O)N(c3ccc(Cl)cc3)C(=O)[C@@H]2[C@H]2c3ccccc3C=CN21. The number of imide groups is 1. The fraction of sp³-hybridized carbons (Fsp3) is 0.190. The van der Waals surface area contributed by atoms with E-state index in [0.29, 0.717) is 10.7 Å². The van der Waals surface area contributed by atoms with Gasteiger partial charge < -0.3 is 10.6 Å². The van der Waals surface area contributed by atoms with Crippen LogP contribution in [0.3, 0.4) is 0 Å². The quantitative estimate of drug-likeness (QED) is 0.794. The average molecular weight is 394 g/mol. The van der Waals surface area contributed by atoms with Crippen LogP contribution in [-0.2, 0) is 14.4 Å². The lowest BCUT2D eigenvalue weighted by Crippen LogP contribution is -2.46. The molecule has 2 saturated heterocycles. The second kappa shape index (κ2) is 5.94. The molecule has 0 spiro atoms. The molecule has 3 heterocycles. The van der Waals surface area contributed by atoms with E-state index in [0.717, 1.165) is 11.1 Å². The monoisotopic (exact) mass is 393 g/mol. The molecule has 3 aliphatic heterocycles. The maximum absolute atomic E-state index is 13.4. The molecule has 7 heteroatoms. The summed E-state index contributed by atoms with van der Waals surface area (Å²) >= 11 is 5.94. The highest BCUT2D eigenvalue weighted by atomic mass is 35.5. The molecule has 2 N–H and O–H groups in total. The van der Waals surface area contributed by atoms with Gasteiger partial charge in [-0.25, -0.2) is 4.90 Å². The number of anilines is 1. The molecule has 6 nitrogen and oxygen atoms in total. The van der Waals surface area contributed by atoms with Crippen LogP contribution in [0.5, 0.6) is 0 Å². The molecule has 0 aliphatic carbocycles. The largest absolute Gasteiger partial charge is 0.368 e. The van der Waals surface area contributed by atoms with Crippen molar-refractivity contribution >= 4 is 41.1 Å². The summed E-state index contributed by atoms with van der Waals surface area (Å²) in [5, 5.41) is 0.510. The van der Waals surface area contributed by atoms with Crippen molar-refractivity contribution in [2.45, 2.75) is 12.1 Å². The normalized spacial score (nSPS) is 27.6. The van der Waals surface area contributed by atoms with E-state index in [1.54, 1.807) is 35.4 Å². The highest BCUT2D eigenvalue weighted by molar-refractivity contribution is 6.31. The molecular formula is C21H16ClN3O3. The van der Waals surface area contributed by atoms with Crippen LogP contribution in [0.4, 0.5) is 5.69 Å². The smallest absolute Gasteiger partial charge is 0.240 e. The number of fused-ring (bicyclic) bond motifs is 5. The van der Waals surface area contributed by atoms with Crippen LogP contribution < -0.4 is 10.6 Å². The second-order valence-electron chi connectivity index (χ2n) is 7.22. The van der Waals surface area contributed by atoms with E-state index in [9.17, 15) is 14.4 Å². The van der Waals surface area contributed by atoms with Crippen molar-refractivity contribution in [1.29, 1.82) is 0 Å². The van der Waals surface area contributed by atoms with Gasteiger partial charge in [-0.1, -0.05) is 35.9 Å². The maximum atomic E-state index is 13.4. The first kappa shape index (κ1) is 17.0. The van der Waals surface area contributed by atoms with Gasteiger partial charge in [-0.05, 0) is 41.5 Å². The van der Waals surface area contributed by atoms with E-state index in [4.69, 9.17) is 17.3 Å². The van der Waals surface area contributed by atoms with Crippen LogP contribution in [0.1, 0.15) is 17.2 Å². The van der Waals surface area contributed by atoms with E-state index in [2.05, 4.69) is 0 Å². The topological polar surface area (TPSA) is 83.7 Å². The van der Waals surface area contributed by atoms with Gasteiger partial charge >= 0.3 is 0 Å². The molecular weight excluding hydrogens is 378 g/mol. The lowest BCUT2D eigenvalue weighted by atomic mass is 9.84. The number of nitrogens with zero attached hydrogens (tertiary/aromatic N) is 2. The molecule has 28 heavy (non-hydrogen) atoms. The summed E-state index contributed by atoms with van der Waals surface area (Å²) in [6.07, 6.45) is 3.66. The fourth-order valence-electron chi connectivity index (χ4n) is 4.73. The highest BCUT2D eigenvalue weighted by Gasteiger charge is 2.64. The summed E-state index contributed by atoms with van der Waals surface area (Å²) in [6.45, 7) is 0. The van der Waals surface area contributed by atoms with Crippen molar-refractivity contribution in [3.05, 3.63) is 70.9 Å². The average Bonchev–Trinajstić information content (AvgIpc) is 3.16. The number of rotatable bonds is 2. The van der Waals surface area contributed by atoms with Gasteiger partial charge in [0.2, 0.25) is 17.7 Å². The van der Waals surface area contributed by atoms with Gasteiger partial charge in [-0.15, -0.1) is 0 Å². The molecule has 2 fully saturated rings. The summed E-state index contributed by atoms with van der Waals surface area (Å²) in [5.41, 5.74) is 8.02. The number of halogens is 1. The molecule has 2 aromatic carbocycles. The third kappa shape index (κ3) is 2.18. The third-order valence-electron chi connectivity index (χ3n) is 5.84. The zero-order chi connectivity index (χ0) is 19.6. The first-order valence-corrected chi connectivity index (χ1v) is 9.34. The Hall–Kier alpha value is -3.12. The van der Waals surface area contributed by atoms with Crippen LogP contribution in [0.2, 0.25) is 5.02 Å². The molecule has 0 aromatic heterocycles. The number of nitrogens with two attached hydrogens (primary N) is 1. The number of primary amides is 1. The van der Waals surface area contributed by atoms with Crippen molar-refractivity contribution in [3.63, 3.8) is 0 Å². The van der Waals surface area contributed by atoms with Crippen molar-refractivity contribution in [1.82, 2.24) is 4.90 Å². The Bertz CT molecular complexity index is 1050. The molecule has 0 saturated carbocycles. The first-order valence-electron chi connectivity index (χ1n) is 8.96. The Morgan fingerprint density at radius 1 is 0.964 bits per heavy atom. The standard InChI is InChI=1S/C21H16ClN3O3/c22-12-5-7-13(8-6-12)25-20(27)15-16(21(25)28)18(19(23)26)24-10-9-11-3-1-2-4-14(11)17(15)24/h1-10,15-18H,(H2,23,26)/t15-,16-,17+,18+/m0/s1. The van der Waals surface area contributed by atoms with E-state index >= 15 is 0 Å². The molecule has 3 amide bonds. The summed E-state index contributed by atoms with van der Waals surface area (Å²) < 4.78 is 0. The van der Waals surface area contributed by atoms with Gasteiger partial charge in [-0.3, -0.25) is 14.4 Å². The van der Waals surface area contributed by atoms with Crippen molar-refractivity contribution < 1.29 is 14.4 Å². The molecule has 4 atom stereocenters. The van der Waals surface area contributed by atoms with Crippen LogP contribution >= 0.6 is 11.6 Å². The minimum atomic E-state index is -0.867. The molecule has 5 rings (SSSR count). The highest BCUT2D eigenvalue weighted by Crippen LogP contribution is 2.52. The van der Waals surface area contributed by atoms with Crippen LogP contribution in [0.15, 0.2) is 54.7 Å². The summed E-state index contributed by atoms with van der Waals surface area (Å²) in [4.78, 5) is 41.9. The van der Waals surface area contributed by atoms with Crippen molar-refractivity contribution in [2.24, 2.45) is 17.6 Å². The van der Waals surface area contributed by atoms with Crippen LogP contribution in [-0.4, -0.2) is 28.7 Å². The second-order valence-corrected chi connectivity index (χ2v) is 7.66. The Balaban J connectivity index is 1.65. The molecule has 0 bridgehead atoms. The van der Waals surface area contributed by atoms with Gasteiger partial charge in [0, 0.05) is 11.2 Å². The molecule has 0 radical (unpaired) electrons. The minimum Gasteiger partial charge on any atom is -0.368 e.